The van der Waals surface area contributed by atoms with Crippen LogP contribution in [-0.2, 0) is 16.0 Å². The molecule has 1 fully saturated rings. The molecule has 1 aromatic carbocycles. The minimum Gasteiger partial charge on any atom is -0.444 e. The van der Waals surface area contributed by atoms with Gasteiger partial charge in [0.05, 0.1) is 0 Å². The summed E-state index contributed by atoms with van der Waals surface area (Å²) in [6.45, 7) is 10.6. The summed E-state index contributed by atoms with van der Waals surface area (Å²) < 4.78 is 5.17. The van der Waals surface area contributed by atoms with Gasteiger partial charge in [-0.25, -0.2) is 4.79 Å². The normalized spacial score (nSPS) is 15.4. The van der Waals surface area contributed by atoms with Crippen LogP contribution in [-0.4, -0.2) is 55.2 Å². The maximum absolute atomic E-state index is 12.4. The summed E-state index contributed by atoms with van der Waals surface area (Å²) in [5, 5.41) is 2.55. The van der Waals surface area contributed by atoms with E-state index in [4.69, 9.17) is 4.74 Å². The third-order valence-electron chi connectivity index (χ3n) is 4.34. The molecule has 1 aliphatic heterocycles. The summed E-state index contributed by atoms with van der Waals surface area (Å²) >= 11 is 0. The number of hydrogen-bond donors (Lipinski definition) is 1. The average molecular weight is 361 g/mol. The van der Waals surface area contributed by atoms with Gasteiger partial charge >= 0.3 is 6.09 Å². The Balaban J connectivity index is 1.88. The highest BCUT2D eigenvalue weighted by Crippen LogP contribution is 2.22. The Morgan fingerprint density at radius 1 is 1.12 bits per heavy atom. The second-order valence-electron chi connectivity index (χ2n) is 7.56. The van der Waals surface area contributed by atoms with Crippen molar-refractivity contribution >= 4 is 17.7 Å². The number of aryl methyl sites for hydroxylation is 1. The molecule has 6 heteroatoms. The fraction of sp³-hybridized carbons (Fsp3) is 0.600. The Kier molecular flexibility index (Phi) is 6.89. The van der Waals surface area contributed by atoms with E-state index < -0.39 is 11.7 Å². The number of rotatable bonds is 4. The van der Waals surface area contributed by atoms with E-state index in [9.17, 15) is 9.59 Å². The zero-order chi connectivity index (χ0) is 19.2. The van der Waals surface area contributed by atoms with E-state index in [1.807, 2.05) is 4.90 Å². The number of carbonyl (C=O) groups is 2. The van der Waals surface area contributed by atoms with Crippen molar-refractivity contribution in [3.63, 3.8) is 0 Å². The first-order chi connectivity index (χ1) is 12.3. The molecule has 144 valence electrons. The Hall–Kier alpha value is -2.24. The Bertz CT molecular complexity index is 625. The molecule has 0 saturated carbocycles. The van der Waals surface area contributed by atoms with Crippen molar-refractivity contribution < 1.29 is 14.3 Å². The average Bonchev–Trinajstić information content (AvgIpc) is 2.84. The monoisotopic (exact) mass is 361 g/mol. The van der Waals surface area contributed by atoms with E-state index >= 15 is 0 Å². The van der Waals surface area contributed by atoms with Crippen LogP contribution in [0.4, 0.5) is 10.5 Å². The van der Waals surface area contributed by atoms with Gasteiger partial charge in [-0.1, -0.05) is 25.1 Å². The van der Waals surface area contributed by atoms with Gasteiger partial charge in [0.2, 0.25) is 5.91 Å². The summed E-state index contributed by atoms with van der Waals surface area (Å²) in [5.41, 5.74) is 2.03. The first-order valence-electron chi connectivity index (χ1n) is 9.37. The Morgan fingerprint density at radius 2 is 1.85 bits per heavy atom. The fourth-order valence-corrected chi connectivity index (χ4v) is 3.10. The molecule has 1 heterocycles. The predicted molar refractivity (Wildman–Crippen MR) is 103 cm³/mol. The zero-order valence-electron chi connectivity index (χ0n) is 16.4. The van der Waals surface area contributed by atoms with Crippen LogP contribution < -0.4 is 10.2 Å². The molecular weight excluding hydrogens is 330 g/mol. The van der Waals surface area contributed by atoms with Crippen molar-refractivity contribution in [1.29, 1.82) is 0 Å². The van der Waals surface area contributed by atoms with Crippen LogP contribution in [0.15, 0.2) is 24.3 Å². The fourth-order valence-electron chi connectivity index (χ4n) is 3.10. The number of benzene rings is 1. The van der Waals surface area contributed by atoms with E-state index in [0.29, 0.717) is 13.1 Å². The summed E-state index contributed by atoms with van der Waals surface area (Å²) in [6, 6.07) is 8.44. The lowest BCUT2D eigenvalue weighted by molar-refractivity contribution is -0.130. The molecule has 1 aliphatic rings. The molecule has 0 aliphatic carbocycles. The number of ether oxygens (including phenoxy) is 1. The highest BCUT2D eigenvalue weighted by atomic mass is 16.6. The minimum atomic E-state index is -0.567. The highest BCUT2D eigenvalue weighted by Gasteiger charge is 2.22. The Morgan fingerprint density at radius 3 is 2.54 bits per heavy atom. The van der Waals surface area contributed by atoms with Crippen LogP contribution in [0, 0.1) is 0 Å². The molecule has 0 spiro atoms. The largest absolute Gasteiger partial charge is 0.444 e. The second-order valence-corrected chi connectivity index (χ2v) is 7.56. The molecule has 1 saturated heterocycles. The van der Waals surface area contributed by atoms with Crippen molar-refractivity contribution in [3.8, 4) is 0 Å². The third-order valence-corrected chi connectivity index (χ3v) is 4.34. The SMILES string of the molecule is CCc1ccccc1N1CCCN(C(=O)CNC(=O)OC(C)(C)C)CC1. The van der Waals surface area contributed by atoms with Crippen molar-refractivity contribution in [2.45, 2.75) is 46.1 Å². The number of nitrogens with one attached hydrogen (secondary N) is 1. The third kappa shape index (κ3) is 5.93. The van der Waals surface area contributed by atoms with Crippen LogP contribution >= 0.6 is 0 Å². The number of carbonyl (C=O) groups excluding carboxylic acids is 2. The molecular formula is C20H31N3O3. The van der Waals surface area contributed by atoms with E-state index in [0.717, 1.165) is 25.9 Å². The lowest BCUT2D eigenvalue weighted by Gasteiger charge is -2.26. The van der Waals surface area contributed by atoms with Gasteiger partial charge in [0.15, 0.2) is 0 Å². The van der Waals surface area contributed by atoms with Crippen molar-refractivity contribution in [2.75, 3.05) is 37.6 Å². The van der Waals surface area contributed by atoms with E-state index in [-0.39, 0.29) is 12.5 Å². The molecule has 0 aromatic heterocycles. The zero-order valence-corrected chi connectivity index (χ0v) is 16.4. The molecule has 2 amide bonds. The molecule has 2 rings (SSSR count). The van der Waals surface area contributed by atoms with Crippen molar-refractivity contribution in [3.05, 3.63) is 29.8 Å². The number of amides is 2. The van der Waals surface area contributed by atoms with Crippen LogP contribution in [0.3, 0.4) is 0 Å². The van der Waals surface area contributed by atoms with Crippen LogP contribution in [0.25, 0.3) is 0 Å². The number of nitrogens with zero attached hydrogens (tertiary/aromatic N) is 2. The van der Waals surface area contributed by atoms with E-state index in [1.54, 1.807) is 20.8 Å². The molecule has 0 radical (unpaired) electrons. The van der Waals surface area contributed by atoms with E-state index in [1.165, 1.54) is 11.3 Å². The van der Waals surface area contributed by atoms with Gasteiger partial charge in [-0.2, -0.15) is 0 Å². The molecule has 1 N–H and O–H groups in total. The lowest BCUT2D eigenvalue weighted by Crippen LogP contribution is -2.43. The van der Waals surface area contributed by atoms with Gasteiger partial charge < -0.3 is 19.9 Å². The maximum atomic E-state index is 12.4. The predicted octanol–water partition coefficient (Wildman–Crippen LogP) is 2.81. The first kappa shape index (κ1) is 20.1. The Labute approximate surface area is 156 Å². The van der Waals surface area contributed by atoms with Gasteiger partial charge in [-0.3, -0.25) is 4.79 Å². The van der Waals surface area contributed by atoms with Gasteiger partial charge in [-0.15, -0.1) is 0 Å². The van der Waals surface area contributed by atoms with E-state index in [2.05, 4.69) is 41.4 Å². The maximum Gasteiger partial charge on any atom is 0.408 e. The number of hydrogen-bond acceptors (Lipinski definition) is 4. The standard InChI is InChI=1S/C20H31N3O3/c1-5-16-9-6-7-10-17(16)22-11-8-12-23(14-13-22)18(24)15-21-19(25)26-20(2,3)4/h6-7,9-10H,5,8,11-15H2,1-4H3,(H,21,25). The van der Waals surface area contributed by atoms with Gasteiger partial charge in [0.25, 0.3) is 0 Å². The lowest BCUT2D eigenvalue weighted by atomic mass is 10.1. The minimum absolute atomic E-state index is 0.0273. The van der Waals surface area contributed by atoms with Crippen molar-refractivity contribution in [2.24, 2.45) is 0 Å². The smallest absolute Gasteiger partial charge is 0.408 e. The molecule has 0 bridgehead atoms. The summed E-state index contributed by atoms with van der Waals surface area (Å²) in [6.07, 6.45) is 1.35. The van der Waals surface area contributed by atoms with Crippen LogP contribution in [0.1, 0.15) is 39.7 Å². The number of para-hydroxylation sites is 1. The molecule has 6 nitrogen and oxygen atoms in total. The summed E-state index contributed by atoms with van der Waals surface area (Å²) in [5.74, 6) is -0.0681. The van der Waals surface area contributed by atoms with Gasteiger partial charge in [-0.05, 0) is 45.2 Å². The highest BCUT2D eigenvalue weighted by molar-refractivity contribution is 5.82. The van der Waals surface area contributed by atoms with Gasteiger partial charge in [0.1, 0.15) is 12.1 Å². The molecule has 0 unspecified atom stereocenters. The summed E-state index contributed by atoms with van der Waals surface area (Å²) in [4.78, 5) is 28.3. The molecule has 0 atom stereocenters. The first-order valence-corrected chi connectivity index (χ1v) is 9.37. The molecule has 1 aromatic rings. The van der Waals surface area contributed by atoms with Crippen LogP contribution in [0.2, 0.25) is 0 Å². The van der Waals surface area contributed by atoms with Crippen molar-refractivity contribution in [1.82, 2.24) is 10.2 Å². The van der Waals surface area contributed by atoms with Crippen LogP contribution in [0.5, 0.6) is 0 Å². The van der Waals surface area contributed by atoms with Gasteiger partial charge in [0, 0.05) is 31.9 Å². The quantitative estimate of drug-likeness (QED) is 0.896. The second kappa shape index (κ2) is 8.92. The topological polar surface area (TPSA) is 61.9 Å². The number of anilines is 1. The number of alkyl carbamates (subject to hydrolysis) is 1. The summed E-state index contributed by atoms with van der Waals surface area (Å²) in [7, 11) is 0. The molecule has 26 heavy (non-hydrogen) atoms.